The van der Waals surface area contributed by atoms with Gasteiger partial charge < -0.3 is 5.11 Å². The Morgan fingerprint density at radius 2 is 2.13 bits per heavy atom. The van der Waals surface area contributed by atoms with Crippen LogP contribution in [0.2, 0.25) is 0 Å². The number of aromatic hydroxyl groups is 1. The molecule has 0 bridgehead atoms. The summed E-state index contributed by atoms with van der Waals surface area (Å²) in [5.41, 5.74) is 0.797. The van der Waals surface area contributed by atoms with E-state index in [0.717, 1.165) is 22.2 Å². The third-order valence-corrected chi connectivity index (χ3v) is 2.55. The van der Waals surface area contributed by atoms with E-state index in [1.54, 1.807) is 6.07 Å². The molecular formula is C11H9N3O. The van der Waals surface area contributed by atoms with Crippen molar-refractivity contribution in [1.29, 1.82) is 0 Å². The third-order valence-electron chi connectivity index (χ3n) is 2.55. The predicted molar refractivity (Wildman–Crippen MR) is 56.9 cm³/mol. The minimum Gasteiger partial charge on any atom is -0.507 e. The van der Waals surface area contributed by atoms with Crippen molar-refractivity contribution in [3.05, 3.63) is 36.3 Å². The van der Waals surface area contributed by atoms with Crippen LogP contribution in [0.3, 0.4) is 0 Å². The van der Waals surface area contributed by atoms with Gasteiger partial charge in [0.15, 0.2) is 5.65 Å². The summed E-state index contributed by atoms with van der Waals surface area (Å²) in [6, 6.07) is 7.35. The highest BCUT2D eigenvalue weighted by Gasteiger charge is 2.04. The van der Waals surface area contributed by atoms with Gasteiger partial charge in [-0.15, -0.1) is 10.2 Å². The predicted octanol–water partition coefficient (Wildman–Crippen LogP) is 1.90. The van der Waals surface area contributed by atoms with Crippen molar-refractivity contribution in [3.63, 3.8) is 0 Å². The van der Waals surface area contributed by atoms with Gasteiger partial charge >= 0.3 is 0 Å². The largest absolute Gasteiger partial charge is 0.507 e. The molecule has 0 atom stereocenters. The molecule has 1 N–H and O–H groups in total. The molecule has 0 unspecified atom stereocenters. The van der Waals surface area contributed by atoms with Crippen molar-refractivity contribution < 1.29 is 5.11 Å². The summed E-state index contributed by atoms with van der Waals surface area (Å²) in [4.78, 5) is 0. The monoisotopic (exact) mass is 199 g/mol. The Morgan fingerprint density at radius 1 is 1.27 bits per heavy atom. The molecule has 0 amide bonds. The summed E-state index contributed by atoms with van der Waals surface area (Å²) in [6.07, 6.45) is 1.86. The first kappa shape index (κ1) is 8.23. The maximum atomic E-state index is 9.70. The Labute approximate surface area is 85.8 Å². The number of phenolic OH excluding ortho intramolecular Hbond substituents is 1. The summed E-state index contributed by atoms with van der Waals surface area (Å²) in [5.74, 6) is 1.10. The van der Waals surface area contributed by atoms with Gasteiger partial charge in [0.2, 0.25) is 0 Å². The van der Waals surface area contributed by atoms with E-state index < -0.39 is 0 Å². The zero-order chi connectivity index (χ0) is 10.4. The van der Waals surface area contributed by atoms with Crippen molar-refractivity contribution >= 4 is 16.4 Å². The van der Waals surface area contributed by atoms with E-state index in [9.17, 15) is 5.11 Å². The van der Waals surface area contributed by atoms with Gasteiger partial charge in [-0.25, -0.2) is 0 Å². The van der Waals surface area contributed by atoms with Crippen LogP contribution < -0.4 is 0 Å². The summed E-state index contributed by atoms with van der Waals surface area (Å²) in [6.45, 7) is 1.88. The van der Waals surface area contributed by atoms with Crippen LogP contribution in [-0.4, -0.2) is 19.7 Å². The highest BCUT2D eigenvalue weighted by molar-refractivity contribution is 5.89. The maximum Gasteiger partial charge on any atom is 0.161 e. The fourth-order valence-electron chi connectivity index (χ4n) is 1.75. The first-order valence-electron chi connectivity index (χ1n) is 4.69. The van der Waals surface area contributed by atoms with Crippen LogP contribution in [-0.2, 0) is 0 Å². The van der Waals surface area contributed by atoms with Gasteiger partial charge in [0, 0.05) is 11.6 Å². The number of nitrogens with zero attached hydrogens (tertiary/aromatic N) is 3. The lowest BCUT2D eigenvalue weighted by Gasteiger charge is -2.01. The highest BCUT2D eigenvalue weighted by atomic mass is 16.3. The number of rotatable bonds is 0. The van der Waals surface area contributed by atoms with Gasteiger partial charge in [-0.2, -0.15) is 0 Å². The van der Waals surface area contributed by atoms with Crippen LogP contribution in [0.15, 0.2) is 30.5 Å². The van der Waals surface area contributed by atoms with E-state index in [2.05, 4.69) is 10.2 Å². The van der Waals surface area contributed by atoms with Gasteiger partial charge in [0.05, 0.1) is 0 Å². The summed E-state index contributed by atoms with van der Waals surface area (Å²) >= 11 is 0. The standard InChI is InChI=1S/C11H9N3O/c1-7-12-13-11-5-8-3-2-4-10(15)9(8)6-14(7)11/h2-6,15H,1H3. The molecule has 1 aromatic carbocycles. The van der Waals surface area contributed by atoms with Gasteiger partial charge in [-0.3, -0.25) is 4.40 Å². The van der Waals surface area contributed by atoms with Crippen molar-refractivity contribution in [2.75, 3.05) is 0 Å². The lowest BCUT2D eigenvalue weighted by molar-refractivity contribution is 0.481. The number of aromatic nitrogens is 3. The molecule has 4 nitrogen and oxygen atoms in total. The second kappa shape index (κ2) is 2.70. The zero-order valence-corrected chi connectivity index (χ0v) is 8.18. The maximum absolute atomic E-state index is 9.70. The fourth-order valence-corrected chi connectivity index (χ4v) is 1.75. The Bertz CT molecular complexity index is 657. The summed E-state index contributed by atoms with van der Waals surface area (Å²) in [7, 11) is 0. The number of benzene rings is 1. The number of hydrogen-bond acceptors (Lipinski definition) is 3. The van der Waals surface area contributed by atoms with E-state index in [0.29, 0.717) is 0 Å². The van der Waals surface area contributed by atoms with E-state index in [4.69, 9.17) is 0 Å². The number of aryl methyl sites for hydroxylation is 1. The Morgan fingerprint density at radius 3 is 3.00 bits per heavy atom. The number of hydrogen-bond donors (Lipinski definition) is 1. The lowest BCUT2D eigenvalue weighted by atomic mass is 10.1. The van der Waals surface area contributed by atoms with Crippen LogP contribution in [0.25, 0.3) is 16.4 Å². The van der Waals surface area contributed by atoms with Crippen molar-refractivity contribution in [3.8, 4) is 5.75 Å². The highest BCUT2D eigenvalue weighted by Crippen LogP contribution is 2.25. The molecule has 0 fully saturated rings. The van der Waals surface area contributed by atoms with E-state index >= 15 is 0 Å². The molecule has 0 aliphatic heterocycles. The van der Waals surface area contributed by atoms with Crippen molar-refractivity contribution in [2.24, 2.45) is 0 Å². The van der Waals surface area contributed by atoms with Gasteiger partial charge in [-0.05, 0) is 24.4 Å². The first-order valence-corrected chi connectivity index (χ1v) is 4.69. The molecule has 4 heteroatoms. The topological polar surface area (TPSA) is 50.4 Å². The Hall–Kier alpha value is -2.10. The molecule has 74 valence electrons. The smallest absolute Gasteiger partial charge is 0.161 e. The third kappa shape index (κ3) is 1.08. The number of phenols is 1. The van der Waals surface area contributed by atoms with Crippen LogP contribution in [0.1, 0.15) is 5.82 Å². The number of fused-ring (bicyclic) bond motifs is 2. The SMILES string of the molecule is Cc1nnc2cc3cccc(O)c3cn12. The second-order valence-electron chi connectivity index (χ2n) is 3.53. The minimum absolute atomic E-state index is 0.280. The fraction of sp³-hybridized carbons (Fsp3) is 0.0909. The molecule has 0 aliphatic carbocycles. The molecule has 2 heterocycles. The van der Waals surface area contributed by atoms with Gasteiger partial charge in [-0.1, -0.05) is 12.1 Å². The molecule has 0 saturated heterocycles. The quantitative estimate of drug-likeness (QED) is 0.601. The Balaban J connectivity index is 2.55. The average Bonchev–Trinajstić information content (AvgIpc) is 2.59. The van der Waals surface area contributed by atoms with Crippen LogP contribution in [0.5, 0.6) is 5.75 Å². The molecule has 0 spiro atoms. The van der Waals surface area contributed by atoms with Crippen molar-refractivity contribution in [1.82, 2.24) is 14.6 Å². The molecule has 0 saturated carbocycles. The summed E-state index contributed by atoms with van der Waals surface area (Å²) in [5, 5.41) is 19.5. The van der Waals surface area contributed by atoms with E-state index in [1.807, 2.05) is 35.7 Å². The van der Waals surface area contributed by atoms with Crippen LogP contribution in [0.4, 0.5) is 0 Å². The molecule has 0 radical (unpaired) electrons. The normalized spacial score (nSPS) is 11.3. The molecule has 2 aromatic heterocycles. The summed E-state index contributed by atoms with van der Waals surface area (Å²) < 4.78 is 1.86. The zero-order valence-electron chi connectivity index (χ0n) is 8.18. The van der Waals surface area contributed by atoms with Gasteiger partial charge in [0.25, 0.3) is 0 Å². The lowest BCUT2D eigenvalue weighted by Crippen LogP contribution is -1.88. The van der Waals surface area contributed by atoms with Crippen LogP contribution >= 0.6 is 0 Å². The first-order chi connectivity index (χ1) is 7.25. The van der Waals surface area contributed by atoms with E-state index in [1.165, 1.54) is 0 Å². The molecule has 3 aromatic rings. The molecule has 3 rings (SSSR count). The second-order valence-corrected chi connectivity index (χ2v) is 3.53. The average molecular weight is 199 g/mol. The molecular weight excluding hydrogens is 190 g/mol. The molecule has 15 heavy (non-hydrogen) atoms. The number of pyridine rings is 1. The Kier molecular flexibility index (Phi) is 1.48. The minimum atomic E-state index is 0.280. The van der Waals surface area contributed by atoms with E-state index in [-0.39, 0.29) is 5.75 Å². The van der Waals surface area contributed by atoms with Crippen LogP contribution in [0, 0.1) is 6.92 Å². The van der Waals surface area contributed by atoms with Crippen molar-refractivity contribution in [2.45, 2.75) is 6.92 Å². The van der Waals surface area contributed by atoms with Gasteiger partial charge in [0.1, 0.15) is 11.6 Å². The molecule has 0 aliphatic rings.